The van der Waals surface area contributed by atoms with Crippen molar-refractivity contribution >= 4 is 34.9 Å². The van der Waals surface area contributed by atoms with Gasteiger partial charge in [-0.05, 0) is 18.4 Å². The maximum absolute atomic E-state index is 11.7. The number of hydrogen-bond donors (Lipinski definition) is 2. The lowest BCUT2D eigenvalue weighted by Crippen LogP contribution is -2.26. The Morgan fingerprint density at radius 2 is 2.19 bits per heavy atom. The van der Waals surface area contributed by atoms with Gasteiger partial charge in [0, 0.05) is 23.4 Å². The average Bonchev–Trinajstić information content (AvgIpc) is 2.29. The molecule has 0 aliphatic carbocycles. The van der Waals surface area contributed by atoms with E-state index in [1.54, 1.807) is 36.0 Å². The van der Waals surface area contributed by atoms with Crippen LogP contribution in [0.5, 0.6) is 0 Å². The normalized spacial score (nSPS) is 9.81. The second-order valence-electron chi connectivity index (χ2n) is 3.19. The highest BCUT2D eigenvalue weighted by Crippen LogP contribution is 2.05. The lowest BCUT2D eigenvalue weighted by atomic mass is 10.1. The van der Waals surface area contributed by atoms with Crippen LogP contribution in [-0.4, -0.2) is 29.4 Å². The van der Waals surface area contributed by atoms with E-state index < -0.39 is 0 Å². The van der Waals surface area contributed by atoms with Crippen LogP contribution >= 0.6 is 24.0 Å². The van der Waals surface area contributed by atoms with Gasteiger partial charge in [-0.25, -0.2) is 0 Å². The largest absolute Gasteiger partial charge is 0.389 e. The monoisotopic (exact) mass is 254 g/mol. The highest BCUT2D eigenvalue weighted by atomic mass is 32.2. The fourth-order valence-corrected chi connectivity index (χ4v) is 1.62. The summed E-state index contributed by atoms with van der Waals surface area (Å²) in [5.74, 6) is 0.813. The van der Waals surface area contributed by atoms with Crippen LogP contribution in [0.25, 0.3) is 0 Å². The quantitative estimate of drug-likeness (QED) is 0.616. The Balaban J connectivity index is 2.68. The SMILES string of the molecule is CSCCNC(=O)c1cccc(C(N)=S)c1. The molecule has 1 rings (SSSR count). The highest BCUT2D eigenvalue weighted by molar-refractivity contribution is 7.98. The predicted octanol–water partition coefficient (Wildman–Crippen LogP) is 1.41. The summed E-state index contributed by atoms with van der Waals surface area (Å²) in [4.78, 5) is 12.0. The molecule has 0 fully saturated rings. The minimum atomic E-state index is -0.0906. The zero-order valence-electron chi connectivity index (χ0n) is 9.03. The number of thiocarbonyl (C=S) groups is 1. The molecular weight excluding hydrogens is 240 g/mol. The van der Waals surface area contributed by atoms with Gasteiger partial charge in [0.25, 0.3) is 5.91 Å². The van der Waals surface area contributed by atoms with Crippen molar-refractivity contribution in [3.8, 4) is 0 Å². The van der Waals surface area contributed by atoms with E-state index in [0.717, 1.165) is 5.75 Å². The van der Waals surface area contributed by atoms with Gasteiger partial charge in [0.15, 0.2) is 0 Å². The third-order valence-electron chi connectivity index (χ3n) is 2.00. The number of carbonyl (C=O) groups is 1. The summed E-state index contributed by atoms with van der Waals surface area (Å²) in [5, 5.41) is 2.82. The number of hydrogen-bond acceptors (Lipinski definition) is 3. The van der Waals surface area contributed by atoms with Crippen LogP contribution in [0.1, 0.15) is 15.9 Å². The van der Waals surface area contributed by atoms with Gasteiger partial charge in [-0.1, -0.05) is 24.4 Å². The van der Waals surface area contributed by atoms with E-state index in [9.17, 15) is 4.79 Å². The number of nitrogens with one attached hydrogen (secondary N) is 1. The number of thioether (sulfide) groups is 1. The fourth-order valence-electron chi connectivity index (χ4n) is 1.18. The number of nitrogens with two attached hydrogens (primary N) is 1. The molecule has 0 aliphatic rings. The number of rotatable bonds is 5. The summed E-state index contributed by atoms with van der Waals surface area (Å²) in [6.45, 7) is 0.664. The van der Waals surface area contributed by atoms with Gasteiger partial charge >= 0.3 is 0 Å². The zero-order chi connectivity index (χ0) is 12.0. The molecule has 0 unspecified atom stereocenters. The lowest BCUT2D eigenvalue weighted by Gasteiger charge is -2.05. The Labute approximate surface area is 105 Å². The lowest BCUT2D eigenvalue weighted by molar-refractivity contribution is 0.0956. The van der Waals surface area contributed by atoms with Gasteiger partial charge in [-0.15, -0.1) is 0 Å². The van der Waals surface area contributed by atoms with E-state index in [1.807, 2.05) is 6.26 Å². The second kappa shape index (κ2) is 6.50. The van der Waals surface area contributed by atoms with E-state index in [4.69, 9.17) is 18.0 Å². The molecule has 3 N–H and O–H groups in total. The third-order valence-corrected chi connectivity index (χ3v) is 2.85. The number of amides is 1. The van der Waals surface area contributed by atoms with E-state index in [0.29, 0.717) is 22.7 Å². The van der Waals surface area contributed by atoms with Crippen LogP contribution in [0.2, 0.25) is 0 Å². The standard InChI is InChI=1S/C11H14N2OS2/c1-16-6-5-13-11(14)9-4-2-3-8(7-9)10(12)15/h2-4,7H,5-6H2,1H3,(H2,12,15)(H,13,14). The van der Waals surface area contributed by atoms with Crippen molar-refractivity contribution in [1.82, 2.24) is 5.32 Å². The Morgan fingerprint density at radius 1 is 1.50 bits per heavy atom. The zero-order valence-corrected chi connectivity index (χ0v) is 10.7. The molecule has 3 nitrogen and oxygen atoms in total. The Morgan fingerprint density at radius 3 is 2.81 bits per heavy atom. The molecule has 0 aliphatic heterocycles. The fraction of sp³-hybridized carbons (Fsp3) is 0.273. The number of carbonyl (C=O) groups excluding carboxylic acids is 1. The summed E-state index contributed by atoms with van der Waals surface area (Å²) in [5.41, 5.74) is 6.81. The summed E-state index contributed by atoms with van der Waals surface area (Å²) >= 11 is 6.55. The minimum absolute atomic E-state index is 0.0906. The molecule has 0 saturated heterocycles. The average molecular weight is 254 g/mol. The van der Waals surface area contributed by atoms with Crippen LogP contribution in [0.4, 0.5) is 0 Å². The van der Waals surface area contributed by atoms with Crippen molar-refractivity contribution in [3.63, 3.8) is 0 Å². The van der Waals surface area contributed by atoms with Gasteiger partial charge in [0.2, 0.25) is 0 Å². The van der Waals surface area contributed by atoms with Crippen LogP contribution < -0.4 is 11.1 Å². The smallest absolute Gasteiger partial charge is 0.251 e. The van der Waals surface area contributed by atoms with Crippen LogP contribution in [-0.2, 0) is 0 Å². The third kappa shape index (κ3) is 3.83. The van der Waals surface area contributed by atoms with Crippen molar-refractivity contribution in [3.05, 3.63) is 35.4 Å². The second-order valence-corrected chi connectivity index (χ2v) is 4.62. The van der Waals surface area contributed by atoms with E-state index in [2.05, 4.69) is 5.32 Å². The van der Waals surface area contributed by atoms with Crippen molar-refractivity contribution in [1.29, 1.82) is 0 Å². The van der Waals surface area contributed by atoms with Crippen molar-refractivity contribution in [2.24, 2.45) is 5.73 Å². The van der Waals surface area contributed by atoms with Gasteiger partial charge in [-0.3, -0.25) is 4.79 Å². The highest BCUT2D eigenvalue weighted by Gasteiger charge is 2.05. The molecule has 0 aromatic heterocycles. The topological polar surface area (TPSA) is 55.1 Å². The van der Waals surface area contributed by atoms with E-state index >= 15 is 0 Å². The van der Waals surface area contributed by atoms with Gasteiger partial charge in [0.1, 0.15) is 4.99 Å². The van der Waals surface area contributed by atoms with E-state index in [-0.39, 0.29) is 5.91 Å². The molecule has 1 aromatic carbocycles. The van der Waals surface area contributed by atoms with Crippen LogP contribution in [0, 0.1) is 0 Å². The first-order valence-electron chi connectivity index (χ1n) is 4.82. The molecule has 86 valence electrons. The molecular formula is C11H14N2OS2. The number of benzene rings is 1. The molecule has 1 amide bonds. The first-order valence-corrected chi connectivity index (χ1v) is 6.62. The molecule has 0 bridgehead atoms. The molecule has 0 heterocycles. The summed E-state index contributed by atoms with van der Waals surface area (Å²) in [7, 11) is 0. The van der Waals surface area contributed by atoms with Crippen molar-refractivity contribution in [2.75, 3.05) is 18.6 Å². The summed E-state index contributed by atoms with van der Waals surface area (Å²) in [6, 6.07) is 7.02. The first-order chi connectivity index (χ1) is 7.65. The van der Waals surface area contributed by atoms with Gasteiger partial charge < -0.3 is 11.1 Å². The minimum Gasteiger partial charge on any atom is -0.389 e. The molecule has 0 atom stereocenters. The van der Waals surface area contributed by atoms with Crippen molar-refractivity contribution in [2.45, 2.75) is 0 Å². The molecule has 1 aromatic rings. The maximum Gasteiger partial charge on any atom is 0.251 e. The molecule has 0 spiro atoms. The van der Waals surface area contributed by atoms with Crippen LogP contribution in [0.3, 0.4) is 0 Å². The molecule has 0 radical (unpaired) electrons. The predicted molar refractivity (Wildman–Crippen MR) is 73.0 cm³/mol. The summed E-state index contributed by atoms with van der Waals surface area (Å²) in [6.07, 6.45) is 2.00. The molecule has 0 saturated carbocycles. The van der Waals surface area contributed by atoms with Crippen LogP contribution in [0.15, 0.2) is 24.3 Å². The first kappa shape index (κ1) is 13.0. The summed E-state index contributed by atoms with van der Waals surface area (Å²) < 4.78 is 0. The van der Waals surface area contributed by atoms with Gasteiger partial charge in [-0.2, -0.15) is 11.8 Å². The van der Waals surface area contributed by atoms with Crippen molar-refractivity contribution < 1.29 is 4.79 Å². The molecule has 16 heavy (non-hydrogen) atoms. The maximum atomic E-state index is 11.7. The molecule has 5 heteroatoms. The van der Waals surface area contributed by atoms with Gasteiger partial charge in [0.05, 0.1) is 0 Å². The Bertz CT molecular complexity index is 393. The van der Waals surface area contributed by atoms with E-state index in [1.165, 1.54) is 0 Å². The Kier molecular flexibility index (Phi) is 5.28. The Hall–Kier alpha value is -1.07.